The van der Waals surface area contributed by atoms with E-state index in [1.807, 2.05) is 30.3 Å². The first-order valence-electron chi connectivity index (χ1n) is 6.74. The van der Waals surface area contributed by atoms with Crippen LogP contribution < -0.4 is 4.90 Å². The number of likely N-dealkylation sites (N-methyl/N-ethyl adjacent to an activating group) is 1. The molecule has 0 saturated heterocycles. The minimum Gasteiger partial charge on any atom is -0.333 e. The normalized spacial score (nSPS) is 12.1. The van der Waals surface area contributed by atoms with Gasteiger partial charge in [-0.1, -0.05) is 42.5 Å². The molecule has 0 amide bonds. The molecule has 4 nitrogen and oxygen atoms in total. The lowest BCUT2D eigenvalue weighted by atomic mass is 10.1. The van der Waals surface area contributed by atoms with Gasteiger partial charge in [0.2, 0.25) is 0 Å². The standard InChI is InChI=1S/C16H18N2O2/c1-17(12-11-14-7-3-2-4-8-14)13-15-9-5-6-10-16(15)18(19)20/h2-10H,11-13H2,1H3/p+1. The molecule has 0 aliphatic carbocycles. The van der Waals surface area contributed by atoms with Gasteiger partial charge in [-0.15, -0.1) is 0 Å². The van der Waals surface area contributed by atoms with Gasteiger partial charge < -0.3 is 4.90 Å². The summed E-state index contributed by atoms with van der Waals surface area (Å²) in [7, 11) is 2.07. The van der Waals surface area contributed by atoms with Crippen LogP contribution in [0.3, 0.4) is 0 Å². The first-order valence-corrected chi connectivity index (χ1v) is 6.74. The van der Waals surface area contributed by atoms with E-state index in [-0.39, 0.29) is 10.6 Å². The first kappa shape index (κ1) is 14.2. The van der Waals surface area contributed by atoms with Gasteiger partial charge in [0.25, 0.3) is 5.69 Å². The van der Waals surface area contributed by atoms with Crippen molar-refractivity contribution in [3.63, 3.8) is 0 Å². The van der Waals surface area contributed by atoms with E-state index in [0.717, 1.165) is 18.5 Å². The molecule has 20 heavy (non-hydrogen) atoms. The topological polar surface area (TPSA) is 47.6 Å². The van der Waals surface area contributed by atoms with E-state index < -0.39 is 0 Å². The molecule has 0 radical (unpaired) electrons. The molecule has 0 heterocycles. The van der Waals surface area contributed by atoms with Gasteiger partial charge in [0.05, 0.1) is 24.1 Å². The van der Waals surface area contributed by atoms with E-state index in [1.54, 1.807) is 12.1 Å². The Morgan fingerprint density at radius 1 is 1.05 bits per heavy atom. The zero-order chi connectivity index (χ0) is 14.4. The van der Waals surface area contributed by atoms with Crippen molar-refractivity contribution >= 4 is 5.69 Å². The zero-order valence-electron chi connectivity index (χ0n) is 11.6. The minimum absolute atomic E-state index is 0.214. The molecule has 0 saturated carbocycles. The highest BCUT2D eigenvalue weighted by Crippen LogP contribution is 2.16. The molecule has 1 unspecified atom stereocenters. The van der Waals surface area contributed by atoms with Gasteiger partial charge in [-0.2, -0.15) is 0 Å². The predicted octanol–water partition coefficient (Wildman–Crippen LogP) is 1.85. The molecule has 0 bridgehead atoms. The van der Waals surface area contributed by atoms with E-state index >= 15 is 0 Å². The van der Waals surface area contributed by atoms with Gasteiger partial charge in [0, 0.05) is 12.5 Å². The van der Waals surface area contributed by atoms with Crippen LogP contribution in [0, 0.1) is 10.1 Å². The summed E-state index contributed by atoms with van der Waals surface area (Å²) in [5, 5.41) is 11.0. The lowest BCUT2D eigenvalue weighted by Crippen LogP contribution is -3.07. The summed E-state index contributed by atoms with van der Waals surface area (Å²) in [6.07, 6.45) is 0.979. The third-order valence-corrected chi connectivity index (χ3v) is 3.36. The fourth-order valence-electron chi connectivity index (χ4n) is 2.25. The highest BCUT2D eigenvalue weighted by Gasteiger charge is 2.15. The molecule has 0 fully saturated rings. The quantitative estimate of drug-likeness (QED) is 0.644. The number of nitrogens with zero attached hydrogens (tertiary/aromatic N) is 1. The molecule has 0 aliphatic rings. The molecular weight excluding hydrogens is 252 g/mol. The molecule has 4 heteroatoms. The molecule has 104 valence electrons. The number of para-hydroxylation sites is 1. The van der Waals surface area contributed by atoms with Gasteiger partial charge >= 0.3 is 0 Å². The molecule has 2 aromatic carbocycles. The second kappa shape index (κ2) is 6.82. The number of hydrogen-bond acceptors (Lipinski definition) is 2. The van der Waals surface area contributed by atoms with Crippen molar-refractivity contribution in [3.8, 4) is 0 Å². The third kappa shape index (κ3) is 3.90. The maximum Gasteiger partial charge on any atom is 0.278 e. The SMILES string of the molecule is C[NH+](CCc1ccccc1)Cc1ccccc1[N+](=O)[O-]. The van der Waals surface area contributed by atoms with Gasteiger partial charge in [0.15, 0.2) is 0 Å². The lowest BCUT2D eigenvalue weighted by molar-refractivity contribution is -0.893. The molecule has 0 aliphatic heterocycles. The van der Waals surface area contributed by atoms with Crippen molar-refractivity contribution < 1.29 is 9.82 Å². The van der Waals surface area contributed by atoms with Crippen LogP contribution in [-0.2, 0) is 13.0 Å². The Hall–Kier alpha value is -2.20. The van der Waals surface area contributed by atoms with E-state index in [1.165, 1.54) is 10.5 Å². The molecule has 2 aromatic rings. The Balaban J connectivity index is 1.95. The van der Waals surface area contributed by atoms with Crippen molar-refractivity contribution in [1.29, 1.82) is 0 Å². The second-order valence-corrected chi connectivity index (χ2v) is 5.01. The summed E-state index contributed by atoms with van der Waals surface area (Å²) in [4.78, 5) is 11.9. The highest BCUT2D eigenvalue weighted by atomic mass is 16.6. The number of nitro groups is 1. The smallest absolute Gasteiger partial charge is 0.278 e. The van der Waals surface area contributed by atoms with Gasteiger partial charge in [0.1, 0.15) is 6.54 Å². The molecule has 0 spiro atoms. The summed E-state index contributed by atoms with van der Waals surface area (Å²) in [5.74, 6) is 0. The molecule has 1 atom stereocenters. The van der Waals surface area contributed by atoms with Crippen molar-refractivity contribution in [2.24, 2.45) is 0 Å². The number of hydrogen-bond donors (Lipinski definition) is 1. The van der Waals surface area contributed by atoms with Crippen LogP contribution >= 0.6 is 0 Å². The summed E-state index contributed by atoms with van der Waals surface area (Å²) in [6, 6.07) is 17.3. The predicted molar refractivity (Wildman–Crippen MR) is 78.7 cm³/mol. The number of nitrogens with one attached hydrogen (secondary N) is 1. The Bertz CT molecular complexity index is 570. The zero-order valence-corrected chi connectivity index (χ0v) is 11.6. The highest BCUT2D eigenvalue weighted by molar-refractivity contribution is 5.39. The number of nitro benzene ring substituents is 1. The Labute approximate surface area is 118 Å². The number of quaternary nitrogens is 1. The number of benzene rings is 2. The van der Waals surface area contributed by atoms with Crippen LogP contribution in [0.1, 0.15) is 11.1 Å². The Kier molecular flexibility index (Phi) is 4.85. The van der Waals surface area contributed by atoms with Crippen molar-refractivity contribution in [3.05, 3.63) is 75.8 Å². The first-order chi connectivity index (χ1) is 9.66. The van der Waals surface area contributed by atoms with Crippen molar-refractivity contribution in [1.82, 2.24) is 0 Å². The van der Waals surface area contributed by atoms with E-state index in [0.29, 0.717) is 6.54 Å². The molecule has 1 N–H and O–H groups in total. The van der Waals surface area contributed by atoms with Crippen LogP contribution in [-0.4, -0.2) is 18.5 Å². The Morgan fingerprint density at radius 2 is 1.70 bits per heavy atom. The summed E-state index contributed by atoms with van der Waals surface area (Å²) >= 11 is 0. The maximum absolute atomic E-state index is 11.0. The Morgan fingerprint density at radius 3 is 2.40 bits per heavy atom. The third-order valence-electron chi connectivity index (χ3n) is 3.36. The monoisotopic (exact) mass is 271 g/mol. The van der Waals surface area contributed by atoms with E-state index in [2.05, 4.69) is 19.2 Å². The molecular formula is C16H19N2O2+. The molecule has 2 rings (SSSR count). The summed E-state index contributed by atoms with van der Waals surface area (Å²) < 4.78 is 0. The van der Waals surface area contributed by atoms with E-state index in [4.69, 9.17) is 0 Å². The lowest BCUT2D eigenvalue weighted by Gasteiger charge is -2.14. The van der Waals surface area contributed by atoms with E-state index in [9.17, 15) is 10.1 Å². The average Bonchev–Trinajstić information content (AvgIpc) is 2.46. The van der Waals surface area contributed by atoms with Gasteiger partial charge in [-0.25, -0.2) is 0 Å². The largest absolute Gasteiger partial charge is 0.333 e. The van der Waals surface area contributed by atoms with Crippen LogP contribution in [0.25, 0.3) is 0 Å². The fourth-order valence-corrected chi connectivity index (χ4v) is 2.25. The van der Waals surface area contributed by atoms with Gasteiger partial charge in [-0.3, -0.25) is 10.1 Å². The maximum atomic E-state index is 11.0. The minimum atomic E-state index is -0.306. The van der Waals surface area contributed by atoms with Crippen molar-refractivity contribution in [2.45, 2.75) is 13.0 Å². The average molecular weight is 271 g/mol. The fraction of sp³-hybridized carbons (Fsp3) is 0.250. The summed E-state index contributed by atoms with van der Waals surface area (Å²) in [6.45, 7) is 1.63. The van der Waals surface area contributed by atoms with Crippen LogP contribution in [0.2, 0.25) is 0 Å². The van der Waals surface area contributed by atoms with Crippen LogP contribution in [0.5, 0.6) is 0 Å². The summed E-state index contributed by atoms with van der Waals surface area (Å²) in [5.41, 5.74) is 2.31. The van der Waals surface area contributed by atoms with Gasteiger partial charge in [-0.05, 0) is 11.6 Å². The van der Waals surface area contributed by atoms with Crippen molar-refractivity contribution in [2.75, 3.05) is 13.6 Å². The van der Waals surface area contributed by atoms with Crippen LogP contribution in [0.4, 0.5) is 5.69 Å². The second-order valence-electron chi connectivity index (χ2n) is 5.01. The number of rotatable bonds is 6. The molecule has 0 aromatic heterocycles. The van der Waals surface area contributed by atoms with Crippen LogP contribution in [0.15, 0.2) is 54.6 Å².